The number of aromatic carboxylic acids is 1. The molecule has 0 radical (unpaired) electrons. The molecule has 2 N–H and O–H groups in total. The molecule has 1 aromatic rings. The Morgan fingerprint density at radius 1 is 1.23 bits per heavy atom. The Morgan fingerprint density at radius 2 is 1.86 bits per heavy atom. The van der Waals surface area contributed by atoms with E-state index in [-0.39, 0.29) is 18.0 Å². The number of carbonyl (C=O) groups is 2. The van der Waals surface area contributed by atoms with Crippen molar-refractivity contribution in [3.8, 4) is 0 Å². The summed E-state index contributed by atoms with van der Waals surface area (Å²) in [5.41, 5.74) is 0.664. The van der Waals surface area contributed by atoms with Gasteiger partial charge in [0, 0.05) is 25.3 Å². The number of hydrogen-bond acceptors (Lipinski definition) is 5. The summed E-state index contributed by atoms with van der Waals surface area (Å²) in [6, 6.07) is 5.89. The highest BCUT2D eigenvalue weighted by atomic mass is 35.5. The second-order valence-electron chi connectivity index (χ2n) is 4.60. The predicted octanol–water partition coefficient (Wildman–Crippen LogP) is 1.69. The molecule has 0 bridgehead atoms. The summed E-state index contributed by atoms with van der Waals surface area (Å²) in [6.45, 7) is 4.10. The minimum atomic E-state index is -1.00. The monoisotopic (exact) mass is 330 g/mol. The zero-order valence-electron chi connectivity index (χ0n) is 12.0. The molecule has 0 atom stereocenters. The van der Waals surface area contributed by atoms with Crippen molar-refractivity contribution in [1.82, 2.24) is 4.90 Å². The van der Waals surface area contributed by atoms with Crippen LogP contribution in [0.15, 0.2) is 24.3 Å². The number of benzene rings is 1. The van der Waals surface area contributed by atoms with E-state index in [1.54, 1.807) is 0 Å². The first-order valence-corrected chi connectivity index (χ1v) is 6.72. The fraction of sp³-hybridized carbons (Fsp3) is 0.429. The third-order valence-electron chi connectivity index (χ3n) is 3.12. The summed E-state index contributed by atoms with van der Waals surface area (Å²) in [7, 11) is 0. The van der Waals surface area contributed by atoms with E-state index in [2.05, 4.69) is 10.2 Å². The third kappa shape index (κ3) is 5.88. The molecule has 1 amide bonds. The standard InChI is InChI=1S/C14H18N2O5.ClH/c17-13(18)11-1-3-12(4-2-11)15-14(19)21-10-7-16-5-8-20-9-6-16;/h1-4H,5-10H2,(H,15,19)(H,17,18);1H. The van der Waals surface area contributed by atoms with Gasteiger partial charge in [-0.25, -0.2) is 9.59 Å². The quantitative estimate of drug-likeness (QED) is 0.854. The zero-order valence-corrected chi connectivity index (χ0v) is 12.8. The van der Waals surface area contributed by atoms with Crippen LogP contribution in [0.3, 0.4) is 0 Å². The summed E-state index contributed by atoms with van der Waals surface area (Å²) < 4.78 is 10.3. The molecule has 1 fully saturated rings. The maximum Gasteiger partial charge on any atom is 0.411 e. The number of carbonyl (C=O) groups excluding carboxylic acids is 1. The molecule has 8 heteroatoms. The van der Waals surface area contributed by atoms with Crippen molar-refractivity contribution >= 4 is 30.2 Å². The zero-order chi connectivity index (χ0) is 15.1. The van der Waals surface area contributed by atoms with E-state index in [0.29, 0.717) is 32.1 Å². The number of ether oxygens (including phenoxy) is 2. The van der Waals surface area contributed by atoms with Crippen LogP contribution in [0.4, 0.5) is 10.5 Å². The van der Waals surface area contributed by atoms with E-state index < -0.39 is 12.1 Å². The van der Waals surface area contributed by atoms with Crippen molar-refractivity contribution in [3.63, 3.8) is 0 Å². The summed E-state index contributed by atoms with van der Waals surface area (Å²) in [4.78, 5) is 24.4. The van der Waals surface area contributed by atoms with E-state index in [9.17, 15) is 9.59 Å². The summed E-state index contributed by atoms with van der Waals surface area (Å²) in [6.07, 6.45) is -0.550. The lowest BCUT2D eigenvalue weighted by molar-refractivity contribution is 0.0290. The first-order valence-electron chi connectivity index (χ1n) is 6.72. The normalized spacial score (nSPS) is 14.7. The summed E-state index contributed by atoms with van der Waals surface area (Å²) in [5.74, 6) is -1.00. The van der Waals surface area contributed by atoms with Gasteiger partial charge in [-0.1, -0.05) is 0 Å². The number of carboxylic acids is 1. The Labute approximate surface area is 134 Å². The number of nitrogens with one attached hydrogen (secondary N) is 1. The van der Waals surface area contributed by atoms with Crippen molar-refractivity contribution in [3.05, 3.63) is 29.8 Å². The van der Waals surface area contributed by atoms with Crippen molar-refractivity contribution in [2.75, 3.05) is 44.8 Å². The van der Waals surface area contributed by atoms with E-state index in [1.807, 2.05) is 0 Å². The molecule has 122 valence electrons. The maximum absolute atomic E-state index is 11.6. The van der Waals surface area contributed by atoms with Crippen molar-refractivity contribution < 1.29 is 24.2 Å². The van der Waals surface area contributed by atoms with Crippen molar-refractivity contribution in [2.24, 2.45) is 0 Å². The van der Waals surface area contributed by atoms with Gasteiger partial charge in [0.15, 0.2) is 0 Å². The molecule has 22 heavy (non-hydrogen) atoms. The van der Waals surface area contributed by atoms with Crippen LogP contribution in [0.25, 0.3) is 0 Å². The van der Waals surface area contributed by atoms with Crippen LogP contribution in [0.1, 0.15) is 10.4 Å². The molecule has 1 heterocycles. The highest BCUT2D eigenvalue weighted by Crippen LogP contribution is 2.09. The van der Waals surface area contributed by atoms with Crippen LogP contribution >= 0.6 is 12.4 Å². The van der Waals surface area contributed by atoms with Crippen LogP contribution in [-0.4, -0.2) is 61.5 Å². The molecule has 1 saturated heterocycles. The Hall–Kier alpha value is -1.83. The van der Waals surface area contributed by atoms with Gasteiger partial charge >= 0.3 is 12.1 Å². The minimum Gasteiger partial charge on any atom is -0.478 e. The average molecular weight is 331 g/mol. The molecule has 2 rings (SSSR count). The first kappa shape index (κ1) is 18.2. The lowest BCUT2D eigenvalue weighted by Crippen LogP contribution is -2.38. The smallest absolute Gasteiger partial charge is 0.411 e. The Balaban J connectivity index is 0.00000242. The van der Waals surface area contributed by atoms with Gasteiger partial charge in [0.2, 0.25) is 0 Å². The van der Waals surface area contributed by atoms with Crippen LogP contribution in [0, 0.1) is 0 Å². The second kappa shape index (κ2) is 9.24. The first-order chi connectivity index (χ1) is 10.1. The fourth-order valence-corrected chi connectivity index (χ4v) is 1.94. The van der Waals surface area contributed by atoms with Crippen molar-refractivity contribution in [2.45, 2.75) is 0 Å². The van der Waals surface area contributed by atoms with Gasteiger partial charge in [0.1, 0.15) is 6.61 Å². The SMILES string of the molecule is Cl.O=C(Nc1ccc(C(=O)O)cc1)OCCN1CCOCC1. The number of morpholine rings is 1. The molecule has 0 unspecified atom stereocenters. The maximum atomic E-state index is 11.6. The van der Waals surface area contributed by atoms with Crippen molar-refractivity contribution in [1.29, 1.82) is 0 Å². The van der Waals surface area contributed by atoms with Gasteiger partial charge in [0.05, 0.1) is 18.8 Å². The lowest BCUT2D eigenvalue weighted by atomic mass is 10.2. The molecule has 0 aromatic heterocycles. The topological polar surface area (TPSA) is 88.1 Å². The van der Waals surface area contributed by atoms with Crippen LogP contribution in [0.2, 0.25) is 0 Å². The predicted molar refractivity (Wildman–Crippen MR) is 82.9 cm³/mol. The van der Waals surface area contributed by atoms with Gasteiger partial charge < -0.3 is 14.6 Å². The summed E-state index contributed by atoms with van der Waals surface area (Å²) >= 11 is 0. The number of halogens is 1. The summed E-state index contributed by atoms with van der Waals surface area (Å²) in [5, 5.41) is 11.3. The largest absolute Gasteiger partial charge is 0.478 e. The van der Waals surface area contributed by atoms with Gasteiger partial charge in [-0.05, 0) is 24.3 Å². The minimum absolute atomic E-state index is 0. The van der Waals surface area contributed by atoms with Gasteiger partial charge in [-0.2, -0.15) is 0 Å². The molecule has 0 spiro atoms. The number of carboxylic acid groups (broad SMARTS) is 1. The Bertz CT molecular complexity index is 489. The van der Waals surface area contributed by atoms with Crippen LogP contribution < -0.4 is 5.32 Å². The molecular weight excluding hydrogens is 312 g/mol. The Kier molecular flexibility index (Phi) is 7.65. The fourth-order valence-electron chi connectivity index (χ4n) is 1.94. The molecule has 7 nitrogen and oxygen atoms in total. The number of rotatable bonds is 5. The average Bonchev–Trinajstić information content (AvgIpc) is 2.49. The second-order valence-corrected chi connectivity index (χ2v) is 4.60. The molecule has 1 aliphatic rings. The third-order valence-corrected chi connectivity index (χ3v) is 3.12. The van der Waals surface area contributed by atoms with Crippen LogP contribution in [-0.2, 0) is 9.47 Å². The van der Waals surface area contributed by atoms with E-state index in [4.69, 9.17) is 14.6 Å². The highest BCUT2D eigenvalue weighted by molar-refractivity contribution is 5.89. The number of anilines is 1. The van der Waals surface area contributed by atoms with E-state index >= 15 is 0 Å². The molecule has 1 aromatic carbocycles. The number of hydrogen-bond donors (Lipinski definition) is 2. The highest BCUT2D eigenvalue weighted by Gasteiger charge is 2.11. The van der Waals surface area contributed by atoms with Gasteiger partial charge in [0.25, 0.3) is 0 Å². The molecular formula is C14H19ClN2O5. The molecule has 0 aliphatic carbocycles. The van der Waals surface area contributed by atoms with Gasteiger partial charge in [-0.3, -0.25) is 10.2 Å². The molecule has 0 saturated carbocycles. The van der Waals surface area contributed by atoms with Gasteiger partial charge in [-0.15, -0.1) is 12.4 Å². The van der Waals surface area contributed by atoms with E-state index in [0.717, 1.165) is 13.1 Å². The number of nitrogens with zero attached hydrogens (tertiary/aromatic N) is 1. The van der Waals surface area contributed by atoms with Crippen LogP contribution in [0.5, 0.6) is 0 Å². The number of amides is 1. The Morgan fingerprint density at radius 3 is 2.45 bits per heavy atom. The molecule has 1 aliphatic heterocycles. The van der Waals surface area contributed by atoms with E-state index in [1.165, 1.54) is 24.3 Å². The lowest BCUT2D eigenvalue weighted by Gasteiger charge is -2.26.